The lowest BCUT2D eigenvalue weighted by Crippen LogP contribution is -2.68. The summed E-state index contributed by atoms with van der Waals surface area (Å²) in [5.41, 5.74) is -0.0548. The molecule has 0 saturated carbocycles. The van der Waals surface area contributed by atoms with Gasteiger partial charge in [0.2, 0.25) is 5.78 Å². The van der Waals surface area contributed by atoms with Crippen LogP contribution in [0.2, 0.25) is 5.02 Å². The van der Waals surface area contributed by atoms with Gasteiger partial charge in [0.1, 0.15) is 33.3 Å². The van der Waals surface area contributed by atoms with Gasteiger partial charge in [-0.25, -0.2) is 4.79 Å². The summed E-state index contributed by atoms with van der Waals surface area (Å²) in [6.07, 6.45) is -1.75. The fourth-order valence-corrected chi connectivity index (χ4v) is 7.05. The number of carbonyl (C=O) groups is 4. The van der Waals surface area contributed by atoms with Crippen molar-refractivity contribution in [2.45, 2.75) is 22.6 Å². The molecule has 0 bridgehead atoms. The van der Waals surface area contributed by atoms with Gasteiger partial charge in [-0.05, 0) is 43.9 Å². The second kappa shape index (κ2) is 11.8. The highest BCUT2D eigenvalue weighted by molar-refractivity contribution is 7.86. The van der Waals surface area contributed by atoms with Crippen molar-refractivity contribution in [3.05, 3.63) is 81.3 Å². The van der Waals surface area contributed by atoms with Crippen LogP contribution in [0.15, 0.2) is 64.5 Å². The summed E-state index contributed by atoms with van der Waals surface area (Å²) in [7, 11) is -1.71. The second-order valence-electron chi connectivity index (χ2n) is 11.0. The molecule has 0 aromatic heterocycles. The van der Waals surface area contributed by atoms with Crippen molar-refractivity contribution in [2.24, 2.45) is 17.6 Å². The van der Waals surface area contributed by atoms with Crippen LogP contribution in [-0.4, -0.2) is 109 Å². The third-order valence-corrected chi connectivity index (χ3v) is 9.38. The quantitative estimate of drug-likeness (QED) is 0.156. The Morgan fingerprint density at radius 2 is 1.64 bits per heavy atom. The summed E-state index contributed by atoms with van der Waals surface area (Å²) in [6.45, 7) is 3.89. The summed E-state index contributed by atoms with van der Waals surface area (Å²) in [5, 5.41) is 72.8. The fourth-order valence-electron chi connectivity index (χ4n) is 6.17. The number of carbonyl (C=O) groups excluding carboxylic acids is 3. The molecule has 5 rings (SSSR count). The van der Waals surface area contributed by atoms with E-state index in [0.717, 1.165) is 24.3 Å². The Balaban J connectivity index is 0.000000300. The molecule has 0 spiro atoms. The van der Waals surface area contributed by atoms with Crippen molar-refractivity contribution >= 4 is 50.7 Å². The lowest BCUT2D eigenvalue weighted by molar-refractivity contribution is -0.159. The van der Waals surface area contributed by atoms with Crippen LogP contribution in [-0.2, 0) is 19.7 Å². The maximum atomic E-state index is 13.4. The molecular formula is C29H27ClN2O14S. The molecule has 0 heterocycles. The van der Waals surface area contributed by atoms with Gasteiger partial charge in [-0.1, -0.05) is 24.2 Å². The highest BCUT2D eigenvalue weighted by atomic mass is 35.5. The topological polar surface area (TPSA) is 294 Å². The maximum Gasteiger partial charge on any atom is 0.339 e. The van der Waals surface area contributed by atoms with Crippen LogP contribution in [0.5, 0.6) is 11.5 Å². The third kappa shape index (κ3) is 5.22. The molecule has 3 aliphatic carbocycles. The van der Waals surface area contributed by atoms with E-state index in [2.05, 4.69) is 6.58 Å². The molecule has 0 radical (unpaired) electrons. The first-order valence-electron chi connectivity index (χ1n) is 13.2. The number of benzene rings is 2. The standard InChI is InChI=1S/C22H21ClN2O8.C7H6O6S/c1-6-9-7(23)4-5-8(26)11(9)16(27)12-10(6)17(28)14-15(25(2)3)18(29)13(21(24)32)20(31)22(14,33)19(12)30;8-6-4(7(9)10)2-1-3-5(6)14(11,12)13/h4-5,10,14-15,17,26,28-30,33H,1H2,2-3H3,(H2,24,32);1-3,8H,(H,9,10)(H,11,12,13)/t10-,14-,15+,17+,22+;/m1./s1. The molecule has 0 saturated heterocycles. The Hall–Kier alpha value is -4.78. The van der Waals surface area contributed by atoms with E-state index in [1.807, 2.05) is 0 Å². The van der Waals surface area contributed by atoms with E-state index in [1.165, 1.54) is 25.1 Å². The largest absolute Gasteiger partial charge is 0.510 e. The van der Waals surface area contributed by atoms with Crippen LogP contribution in [0.25, 0.3) is 5.57 Å². The summed E-state index contributed by atoms with van der Waals surface area (Å²) in [6, 6.07) is 4.16. The molecule has 10 N–H and O–H groups in total. The summed E-state index contributed by atoms with van der Waals surface area (Å²) < 4.78 is 29.9. The van der Waals surface area contributed by atoms with Crippen molar-refractivity contribution in [2.75, 3.05) is 14.1 Å². The normalized spacial score (nSPS) is 25.5. The Kier molecular flexibility index (Phi) is 8.80. The molecule has 2 aromatic carbocycles. The number of aliphatic hydroxyl groups excluding tert-OH is 3. The monoisotopic (exact) mass is 694 g/mol. The van der Waals surface area contributed by atoms with E-state index in [0.29, 0.717) is 0 Å². The highest BCUT2D eigenvalue weighted by Crippen LogP contribution is 2.55. The van der Waals surface area contributed by atoms with Gasteiger partial charge in [-0.15, -0.1) is 0 Å². The Bertz CT molecular complexity index is 1970. The number of hydrogen-bond acceptors (Lipinski definition) is 13. The number of aromatic hydroxyl groups is 2. The van der Waals surface area contributed by atoms with Crippen LogP contribution in [0.3, 0.4) is 0 Å². The fraction of sp³-hybridized carbons (Fsp3) is 0.241. The van der Waals surface area contributed by atoms with E-state index >= 15 is 0 Å². The molecule has 0 aliphatic heterocycles. The van der Waals surface area contributed by atoms with Crippen LogP contribution < -0.4 is 5.73 Å². The molecular weight excluding hydrogens is 668 g/mol. The molecule has 16 nitrogen and oxygen atoms in total. The van der Waals surface area contributed by atoms with Crippen molar-refractivity contribution in [1.29, 1.82) is 0 Å². The highest BCUT2D eigenvalue weighted by Gasteiger charge is 2.67. The zero-order valence-corrected chi connectivity index (χ0v) is 25.8. The molecule has 0 fully saturated rings. The number of phenols is 2. The van der Waals surface area contributed by atoms with Crippen molar-refractivity contribution in [3.8, 4) is 11.5 Å². The minimum Gasteiger partial charge on any atom is -0.510 e. The number of carboxylic acids is 1. The number of aromatic carboxylic acids is 1. The Labute approximate surface area is 270 Å². The second-order valence-corrected chi connectivity index (χ2v) is 12.8. The van der Waals surface area contributed by atoms with E-state index in [9.17, 15) is 58.2 Å². The molecule has 3 aliphatic rings. The number of nitrogens with zero attached hydrogens (tertiary/aromatic N) is 1. The first-order valence-corrected chi connectivity index (χ1v) is 15.0. The molecule has 1 amide bonds. The summed E-state index contributed by atoms with van der Waals surface area (Å²) in [4.78, 5) is 49.5. The lowest BCUT2D eigenvalue weighted by atomic mass is 9.56. The van der Waals surface area contributed by atoms with Gasteiger partial charge < -0.3 is 41.5 Å². The number of nitrogens with two attached hydrogens (primary N) is 1. The molecule has 5 atom stereocenters. The van der Waals surface area contributed by atoms with Crippen LogP contribution >= 0.6 is 11.6 Å². The number of fused-ring (bicyclic) bond motifs is 3. The molecule has 2 aromatic rings. The molecule has 47 heavy (non-hydrogen) atoms. The smallest absolute Gasteiger partial charge is 0.339 e. The number of amides is 1. The SMILES string of the molecule is C=C1c2c(Cl)ccc(O)c2C(=O)C2=C(O)[C@]3(O)C(=O)C(C(N)=O)=C(O)[C@@H](N(C)C)[C@@H]3[C@@H](O)[C@H]12.O=C(O)c1cccc(S(=O)(=O)O)c1O. The van der Waals surface area contributed by atoms with Gasteiger partial charge in [-0.2, -0.15) is 8.42 Å². The van der Waals surface area contributed by atoms with Crippen molar-refractivity contribution in [1.82, 2.24) is 4.90 Å². The molecule has 18 heteroatoms. The van der Waals surface area contributed by atoms with E-state index in [4.69, 9.17) is 27.0 Å². The Morgan fingerprint density at radius 3 is 2.15 bits per heavy atom. The van der Waals surface area contributed by atoms with Gasteiger partial charge in [0.15, 0.2) is 17.1 Å². The average molecular weight is 695 g/mol. The number of likely N-dealkylation sites (N-methyl/N-ethyl adjacent to an activating group) is 1. The van der Waals surface area contributed by atoms with Crippen LogP contribution in [0, 0.1) is 11.8 Å². The molecule has 250 valence electrons. The maximum absolute atomic E-state index is 13.4. The van der Waals surface area contributed by atoms with Gasteiger partial charge in [0, 0.05) is 16.5 Å². The summed E-state index contributed by atoms with van der Waals surface area (Å²) >= 11 is 6.24. The minimum atomic E-state index is -4.60. The number of Topliss-reactive ketones (excluding diaryl/α,β-unsaturated/α-hetero) is 2. The van der Waals surface area contributed by atoms with Crippen molar-refractivity contribution in [3.63, 3.8) is 0 Å². The number of primary amides is 1. The summed E-state index contributed by atoms with van der Waals surface area (Å²) in [5.74, 6) is -11.6. The van der Waals surface area contributed by atoms with Crippen molar-refractivity contribution < 1.29 is 67.9 Å². The van der Waals surface area contributed by atoms with Gasteiger partial charge in [-0.3, -0.25) is 23.8 Å². The van der Waals surface area contributed by atoms with Gasteiger partial charge in [0.25, 0.3) is 16.0 Å². The Morgan fingerprint density at radius 1 is 1.04 bits per heavy atom. The number of carboxylic acid groups (broad SMARTS) is 1. The number of para-hydroxylation sites is 1. The van der Waals surface area contributed by atoms with Gasteiger partial charge in [0.05, 0.1) is 29.2 Å². The first kappa shape index (κ1) is 35.1. The minimum absolute atomic E-state index is 0.0498. The number of hydrogen-bond donors (Lipinski definition) is 9. The third-order valence-electron chi connectivity index (χ3n) is 8.18. The van der Waals surface area contributed by atoms with Crippen LogP contribution in [0.1, 0.15) is 26.3 Å². The zero-order valence-electron chi connectivity index (χ0n) is 24.2. The van der Waals surface area contributed by atoms with E-state index < -0.39 is 108 Å². The van der Waals surface area contributed by atoms with E-state index in [-0.39, 0.29) is 21.7 Å². The molecule has 0 unspecified atom stereocenters. The predicted octanol–water partition coefficient (Wildman–Crippen LogP) is 0.553. The number of halogens is 1. The number of ketones is 2. The lowest BCUT2D eigenvalue weighted by Gasteiger charge is -2.52. The number of aliphatic hydroxyl groups is 4. The zero-order chi connectivity index (χ0) is 35.7. The van der Waals surface area contributed by atoms with E-state index in [1.54, 1.807) is 0 Å². The van der Waals surface area contributed by atoms with Gasteiger partial charge >= 0.3 is 5.97 Å². The predicted molar refractivity (Wildman–Crippen MR) is 160 cm³/mol. The average Bonchev–Trinajstić information content (AvgIpc) is 2.95. The number of phenolic OH excluding ortho intramolecular Hbond substituents is 1. The van der Waals surface area contributed by atoms with Crippen LogP contribution in [0.4, 0.5) is 0 Å². The first-order chi connectivity index (χ1) is 21.6. The number of rotatable bonds is 4.